The molecule has 0 atom stereocenters. The normalized spacial score (nSPS) is 20.8. The number of aliphatic imine (C=N–C) groups is 1. The summed E-state index contributed by atoms with van der Waals surface area (Å²) in [5.74, 6) is 0. The van der Waals surface area contributed by atoms with Gasteiger partial charge in [0.15, 0.2) is 0 Å². The molecule has 0 bridgehead atoms. The fourth-order valence-corrected chi connectivity index (χ4v) is 0.456. The van der Waals surface area contributed by atoms with Gasteiger partial charge in [-0.3, -0.25) is 0 Å². The highest BCUT2D eigenvalue weighted by Gasteiger charge is 2.00. The molecule has 0 amide bonds. The Labute approximate surface area is 31.7 Å². The number of nitrogens with zero attached hydrogens (tertiary/aromatic N) is 1. The van der Waals surface area contributed by atoms with Gasteiger partial charge in [-0.05, 0) is 0 Å². The Kier molecular flexibility index (Phi) is 0.692. The van der Waals surface area contributed by atoms with Gasteiger partial charge in [0.1, 0.15) is 0 Å². The van der Waals surface area contributed by atoms with Crippen molar-refractivity contribution >= 4 is 6.21 Å². The van der Waals surface area contributed by atoms with Crippen LogP contribution in [-0.2, 0) is 0 Å². The zero-order valence-corrected chi connectivity index (χ0v) is 3.15. The first-order valence-corrected chi connectivity index (χ1v) is 1.98. The molecule has 1 heteroatoms. The zero-order valence-electron chi connectivity index (χ0n) is 3.15. The van der Waals surface area contributed by atoms with Crippen LogP contribution in [-0.4, -0.2) is 12.8 Å². The molecule has 1 aliphatic rings. The highest BCUT2D eigenvalue weighted by Crippen LogP contribution is 1.84. The van der Waals surface area contributed by atoms with E-state index in [9.17, 15) is 0 Å². The van der Waals surface area contributed by atoms with Gasteiger partial charge in [-0.25, -0.2) is 0 Å². The Morgan fingerprint density at radius 2 is 2.60 bits per heavy atom. The minimum absolute atomic E-state index is 1.07. The zero-order chi connectivity index (χ0) is 3.54. The maximum atomic E-state index is 3.96. The molecule has 0 N–H and O–H groups in total. The molecule has 0 fully saturated rings. The van der Waals surface area contributed by atoms with E-state index in [1.165, 1.54) is 12.8 Å². The second kappa shape index (κ2) is 1.20. The van der Waals surface area contributed by atoms with Crippen LogP contribution in [0.1, 0.15) is 12.8 Å². The lowest BCUT2D eigenvalue weighted by Gasteiger charge is -1.56. The number of hydrogen-bond donors (Lipinski definition) is 0. The van der Waals surface area contributed by atoms with Gasteiger partial charge in [-0.2, -0.15) is 0 Å². The first-order valence-electron chi connectivity index (χ1n) is 1.98. The second-order valence-corrected chi connectivity index (χ2v) is 1.23. The minimum Gasteiger partial charge on any atom is 0.0114 e. The first kappa shape index (κ1) is 2.88. The quantitative estimate of drug-likeness (QED) is 0.385. The van der Waals surface area contributed by atoms with Gasteiger partial charge in [-0.15, -0.1) is 0 Å². The summed E-state index contributed by atoms with van der Waals surface area (Å²) < 4.78 is 0. The fourth-order valence-electron chi connectivity index (χ4n) is 0.456. The highest BCUT2D eigenvalue weighted by molar-refractivity contribution is 5.57. The van der Waals surface area contributed by atoms with E-state index < -0.39 is 0 Å². The predicted molar refractivity (Wildman–Crippen MR) is 22.3 cm³/mol. The Bertz CT molecular complexity index is 41.6. The molecule has 1 aliphatic heterocycles. The molecule has 1 heterocycles. The van der Waals surface area contributed by atoms with Gasteiger partial charge in [-0.1, -0.05) is 0 Å². The van der Waals surface area contributed by atoms with E-state index in [0.717, 1.165) is 6.54 Å². The lowest BCUT2D eigenvalue weighted by molar-refractivity contribution is 0.907. The van der Waals surface area contributed by atoms with E-state index in [1.807, 2.05) is 6.21 Å². The van der Waals surface area contributed by atoms with Crippen molar-refractivity contribution in [2.24, 2.45) is 0 Å². The van der Waals surface area contributed by atoms with Gasteiger partial charge < -0.3 is 0 Å². The van der Waals surface area contributed by atoms with Gasteiger partial charge in [0.25, 0.3) is 0 Å². The Morgan fingerprint density at radius 1 is 1.60 bits per heavy atom. The predicted octanol–water partition coefficient (Wildman–Crippen LogP) is 0.187. The van der Waals surface area contributed by atoms with E-state index in [-0.39, 0.29) is 0 Å². The summed E-state index contributed by atoms with van der Waals surface area (Å²) in [6, 6.07) is 0. The van der Waals surface area contributed by atoms with Crippen LogP contribution in [0.5, 0.6) is 0 Å². The molecule has 0 spiro atoms. The van der Waals surface area contributed by atoms with E-state index in [4.69, 9.17) is 0 Å². The van der Waals surface area contributed by atoms with Crippen molar-refractivity contribution in [1.29, 1.82) is 0 Å². The average molecular weight is 69.1 g/mol. The Morgan fingerprint density at radius 3 is 2.80 bits per heavy atom. The van der Waals surface area contributed by atoms with Crippen molar-refractivity contribution in [3.63, 3.8) is 0 Å². The van der Waals surface area contributed by atoms with E-state index in [2.05, 4.69) is 4.99 Å². The van der Waals surface area contributed by atoms with Crippen LogP contribution in [0.25, 0.3) is 0 Å². The smallest absolute Gasteiger partial charge is 0.0114 e. The molecular weight excluding hydrogens is 62.1 g/mol. The molecule has 0 aromatic heterocycles. The summed E-state index contributed by atoms with van der Waals surface area (Å²) in [7, 11) is 0. The topological polar surface area (TPSA) is 14.1 Å². The van der Waals surface area contributed by atoms with Crippen LogP contribution in [0.2, 0.25) is 0 Å². The van der Waals surface area contributed by atoms with Gasteiger partial charge in [0.2, 0.25) is 12.8 Å². The second-order valence-electron chi connectivity index (χ2n) is 1.23. The summed E-state index contributed by atoms with van der Waals surface area (Å²) in [6.07, 6.45) is 4.47. The molecule has 0 aliphatic carbocycles. The first-order chi connectivity index (χ1) is 2.50. The standard InChI is InChI=1S/C4H7N/c1-2-4-5-3-1/h3H,1-2,4H2/q+1. The average Bonchev–Trinajstić information content (AvgIpc) is 1.76. The molecule has 0 saturated heterocycles. The summed E-state index contributed by atoms with van der Waals surface area (Å²) in [4.78, 5) is 3.96. The molecule has 0 aromatic rings. The van der Waals surface area contributed by atoms with Crippen LogP contribution in [0.4, 0.5) is 0 Å². The summed E-state index contributed by atoms with van der Waals surface area (Å²) in [6.45, 7) is 1.07. The fraction of sp³-hybridized carbons (Fsp3) is 0.750. The molecule has 0 unspecified atom stereocenters. The lowest BCUT2D eigenvalue weighted by atomic mass is 10.4. The van der Waals surface area contributed by atoms with E-state index in [1.54, 1.807) is 0 Å². The molecule has 5 heavy (non-hydrogen) atoms. The van der Waals surface area contributed by atoms with Crippen molar-refractivity contribution in [3.05, 3.63) is 0 Å². The van der Waals surface area contributed by atoms with Crippen LogP contribution in [0.15, 0.2) is 0 Å². The molecule has 1 rings (SSSR count). The minimum atomic E-state index is 1.07. The van der Waals surface area contributed by atoms with Crippen molar-refractivity contribution in [3.8, 4) is 0 Å². The van der Waals surface area contributed by atoms with Crippen molar-refractivity contribution in [2.75, 3.05) is 6.54 Å². The van der Waals surface area contributed by atoms with Crippen LogP contribution < -0.4 is 4.99 Å². The third kappa shape index (κ3) is 0.469. The summed E-state index contributed by atoms with van der Waals surface area (Å²) in [5, 5.41) is 0. The van der Waals surface area contributed by atoms with E-state index in [0.29, 0.717) is 0 Å². The summed E-state index contributed by atoms with van der Waals surface area (Å²) >= 11 is 0. The number of rotatable bonds is 0. The number of hydrogen-bond acceptors (Lipinski definition) is 1. The molecule has 27 valence electrons. The van der Waals surface area contributed by atoms with Gasteiger partial charge >= 0.3 is 0 Å². The lowest BCUT2D eigenvalue weighted by Crippen LogP contribution is -1.77. The van der Waals surface area contributed by atoms with Crippen molar-refractivity contribution < 1.29 is 0 Å². The third-order valence-corrected chi connectivity index (χ3v) is 0.750. The maximum absolute atomic E-state index is 3.96. The maximum Gasteiger partial charge on any atom is 0.211 e. The highest BCUT2D eigenvalue weighted by atomic mass is 14.7. The summed E-state index contributed by atoms with van der Waals surface area (Å²) in [5.41, 5.74) is 0. The molecule has 0 aromatic carbocycles. The van der Waals surface area contributed by atoms with Crippen LogP contribution in [0.3, 0.4) is 0 Å². The molecule has 1 radical (unpaired) electrons. The molecular formula is C4H7N+. The monoisotopic (exact) mass is 69.1 g/mol. The van der Waals surface area contributed by atoms with Crippen LogP contribution >= 0.6 is 0 Å². The van der Waals surface area contributed by atoms with Crippen molar-refractivity contribution in [2.45, 2.75) is 12.8 Å². The Balaban J connectivity index is 2.32. The van der Waals surface area contributed by atoms with Crippen molar-refractivity contribution in [1.82, 2.24) is 4.99 Å². The SMILES string of the molecule is C1=[N+]CCC1. The largest absolute Gasteiger partial charge is 0.211 e. The van der Waals surface area contributed by atoms with Crippen LogP contribution in [0, 0.1) is 0 Å². The van der Waals surface area contributed by atoms with Gasteiger partial charge in [0.05, 0.1) is 0 Å². The van der Waals surface area contributed by atoms with Gasteiger partial charge in [0, 0.05) is 17.8 Å². The van der Waals surface area contributed by atoms with E-state index >= 15 is 0 Å². The molecule has 0 saturated carbocycles. The Hall–Kier alpha value is -0.330. The molecule has 1 nitrogen and oxygen atoms in total. The third-order valence-electron chi connectivity index (χ3n) is 0.750.